The molecule has 21 heavy (non-hydrogen) atoms. The number of thiophene rings is 1. The highest BCUT2D eigenvalue weighted by atomic mass is 32.1. The Morgan fingerprint density at radius 3 is 0.905 bits per heavy atom. The van der Waals surface area contributed by atoms with Crippen LogP contribution in [0, 0.1) is 0 Å². The Morgan fingerprint density at radius 1 is 0.524 bits per heavy atom. The minimum atomic E-state index is -5.65. The molecule has 0 saturated heterocycles. The van der Waals surface area contributed by atoms with E-state index in [2.05, 4.69) is 0 Å². The maximum absolute atomic E-state index is 11.3. The molecular weight excluding hydrogens is 396 g/mol. The lowest BCUT2D eigenvalue weighted by atomic mass is 10.6. The molecule has 0 aliphatic heterocycles. The molecule has 0 saturated carbocycles. The second-order valence-electron chi connectivity index (χ2n) is 3.59. The Morgan fingerprint density at radius 2 is 0.762 bits per heavy atom. The van der Waals surface area contributed by atoms with Gasteiger partial charge in [-0.15, -0.1) is 11.3 Å². The Hall–Kier alpha value is 0.300. The van der Waals surface area contributed by atoms with E-state index in [1.165, 1.54) is 0 Å². The van der Waals surface area contributed by atoms with Gasteiger partial charge in [0.15, 0.2) is 0 Å². The Balaban J connectivity index is 4.13. The summed E-state index contributed by atoms with van der Waals surface area (Å²) in [5.74, 6) is 0. The van der Waals surface area contributed by atoms with Crippen LogP contribution in [0.3, 0.4) is 0 Å². The molecule has 12 nitrogen and oxygen atoms in total. The lowest BCUT2D eigenvalue weighted by Crippen LogP contribution is -2.36. The van der Waals surface area contributed by atoms with Crippen molar-refractivity contribution in [3.63, 3.8) is 0 Å². The van der Waals surface area contributed by atoms with Crippen LogP contribution >= 0.6 is 41.7 Å². The van der Waals surface area contributed by atoms with Crippen molar-refractivity contribution in [2.75, 3.05) is 0 Å². The second kappa shape index (κ2) is 5.43. The summed E-state index contributed by atoms with van der Waals surface area (Å²) < 4.78 is 41.9. The first kappa shape index (κ1) is 19.3. The van der Waals surface area contributed by atoms with Gasteiger partial charge in [-0.1, -0.05) is 0 Å². The fourth-order valence-electron chi connectivity index (χ4n) is 1.31. The molecule has 0 unspecified atom stereocenters. The number of rotatable bonds is 4. The molecule has 0 atom stereocenters. The van der Waals surface area contributed by atoms with Crippen LogP contribution in [0.4, 0.5) is 0 Å². The molecule has 1 rings (SSSR count). The van der Waals surface area contributed by atoms with Crippen LogP contribution in [0.25, 0.3) is 0 Å². The summed E-state index contributed by atoms with van der Waals surface area (Å²) in [6.07, 6.45) is 0. The predicted octanol–water partition coefficient (Wildman–Crippen LogP) is -3.04. The third kappa shape index (κ3) is 4.19. The highest BCUT2D eigenvalue weighted by Gasteiger charge is 2.47. The van der Waals surface area contributed by atoms with Crippen molar-refractivity contribution in [2.45, 2.75) is 0 Å². The van der Waals surface area contributed by atoms with Gasteiger partial charge in [0.2, 0.25) is 0 Å². The maximum atomic E-state index is 11.3. The van der Waals surface area contributed by atoms with Crippen molar-refractivity contribution < 1.29 is 57.4 Å². The topological polar surface area (TPSA) is 230 Å². The van der Waals surface area contributed by atoms with Crippen LogP contribution in [0.5, 0.6) is 0 Å². The minimum absolute atomic E-state index is 0.457. The third-order valence-electron chi connectivity index (χ3n) is 1.93. The zero-order chi connectivity index (χ0) is 17.0. The number of hydrogen-bond donors (Lipinski definition) is 8. The zero-order valence-electron chi connectivity index (χ0n) is 9.41. The summed E-state index contributed by atoms with van der Waals surface area (Å²) in [6, 6.07) is 0. The van der Waals surface area contributed by atoms with E-state index in [4.69, 9.17) is 39.1 Å². The monoisotopic (exact) mass is 404 g/mol. The van der Waals surface area contributed by atoms with E-state index in [0.717, 1.165) is 0 Å². The maximum Gasteiger partial charge on any atom is 0.367 e. The van der Waals surface area contributed by atoms with Gasteiger partial charge in [0.25, 0.3) is 0 Å². The van der Waals surface area contributed by atoms with Gasteiger partial charge < -0.3 is 39.1 Å². The average Bonchev–Trinajstić information content (AvgIpc) is 2.52. The van der Waals surface area contributed by atoms with Crippen molar-refractivity contribution >= 4 is 61.6 Å². The van der Waals surface area contributed by atoms with Gasteiger partial charge in [-0.3, -0.25) is 18.3 Å². The predicted molar refractivity (Wildman–Crippen MR) is 71.0 cm³/mol. The summed E-state index contributed by atoms with van der Waals surface area (Å²) in [5.41, 5.74) is 0. The van der Waals surface area contributed by atoms with E-state index in [1.807, 2.05) is 0 Å². The number of hydrogen-bond acceptors (Lipinski definition) is 5. The van der Waals surface area contributed by atoms with Gasteiger partial charge in [-0.25, -0.2) is 0 Å². The normalized spacial score (nSPS) is 14.5. The summed E-state index contributed by atoms with van der Waals surface area (Å²) in [6.45, 7) is 0. The van der Waals surface area contributed by atoms with Crippen molar-refractivity contribution in [2.24, 2.45) is 0 Å². The smallest absolute Gasteiger partial charge is 0.321 e. The van der Waals surface area contributed by atoms with Crippen molar-refractivity contribution in [1.29, 1.82) is 0 Å². The molecule has 1 aromatic rings. The lowest BCUT2D eigenvalue weighted by molar-refractivity contribution is 0.378. The van der Waals surface area contributed by atoms with Crippen molar-refractivity contribution in [3.05, 3.63) is 0 Å². The van der Waals surface area contributed by atoms with E-state index in [-0.39, 0.29) is 0 Å². The van der Waals surface area contributed by atoms with Gasteiger partial charge in [0, 0.05) is 0 Å². The summed E-state index contributed by atoms with van der Waals surface area (Å²) in [5, 5.41) is -3.51. The van der Waals surface area contributed by atoms with Crippen molar-refractivity contribution in [1.82, 2.24) is 0 Å². The molecule has 0 fully saturated rings. The molecule has 122 valence electrons. The lowest BCUT2D eigenvalue weighted by Gasteiger charge is -2.12. The van der Waals surface area contributed by atoms with Gasteiger partial charge in [-0.2, -0.15) is 0 Å². The largest absolute Gasteiger partial charge is 0.367 e. The molecule has 0 aliphatic carbocycles. The molecule has 0 radical (unpaired) electrons. The van der Waals surface area contributed by atoms with Crippen LogP contribution in [0.15, 0.2) is 0 Å². The van der Waals surface area contributed by atoms with Crippen LogP contribution < -0.4 is 19.8 Å². The molecule has 0 bridgehead atoms. The summed E-state index contributed by atoms with van der Waals surface area (Å²) in [7, 11) is -22.2. The molecule has 0 amide bonds. The average molecular weight is 404 g/mol. The minimum Gasteiger partial charge on any atom is -0.321 e. The molecule has 1 heterocycles. The molecule has 0 aromatic carbocycles. The first-order valence-electron chi connectivity index (χ1n) is 4.38. The molecule has 17 heteroatoms. The SMILES string of the molecule is O=P(O)(O)c1sc(P(=O)(O)O)c(P(=O)(O)O)c1P(=O)(O)O. The van der Waals surface area contributed by atoms with E-state index in [1.54, 1.807) is 0 Å². The fraction of sp³-hybridized carbons (Fsp3) is 0. The Kier molecular flexibility index (Phi) is 5.01. The highest BCUT2D eigenvalue weighted by molar-refractivity contribution is 7.81. The molecule has 0 spiro atoms. The van der Waals surface area contributed by atoms with E-state index in [0.29, 0.717) is 0 Å². The second-order valence-corrected chi connectivity index (χ2v) is 11.4. The van der Waals surface area contributed by atoms with Gasteiger partial charge in [0.1, 0.15) is 19.8 Å². The molecule has 8 N–H and O–H groups in total. The third-order valence-corrected chi connectivity index (χ3v) is 9.10. The van der Waals surface area contributed by atoms with Gasteiger partial charge >= 0.3 is 30.4 Å². The fourth-order valence-corrected chi connectivity index (χ4v) is 9.32. The van der Waals surface area contributed by atoms with Gasteiger partial charge in [-0.05, 0) is 0 Å². The summed E-state index contributed by atoms with van der Waals surface area (Å²) >= 11 is -0.457. The Labute approximate surface area is 119 Å². The van der Waals surface area contributed by atoms with Crippen LogP contribution in [-0.2, 0) is 18.3 Å². The summed E-state index contributed by atoms with van der Waals surface area (Å²) in [4.78, 5) is 72.0. The first-order valence-corrected chi connectivity index (χ1v) is 11.6. The van der Waals surface area contributed by atoms with E-state index in [9.17, 15) is 18.3 Å². The van der Waals surface area contributed by atoms with Crippen LogP contribution in [0.1, 0.15) is 0 Å². The molecule has 0 aliphatic rings. The first-order chi connectivity index (χ1) is 8.97. The molecule has 1 aromatic heterocycles. The van der Waals surface area contributed by atoms with Crippen molar-refractivity contribution in [3.8, 4) is 0 Å². The standard InChI is InChI=1S/C4H8O12P4S/c5-17(6,7)1-2(18(8,9)10)4(20(14,15)16)21-3(1)19(11,12)13/h(H2,5,6,7)(H2,8,9,10)(H2,11,12,13)(H2,14,15,16). The van der Waals surface area contributed by atoms with Crippen LogP contribution in [-0.4, -0.2) is 39.1 Å². The highest BCUT2D eigenvalue weighted by Crippen LogP contribution is 2.49. The molecular formula is C4H8O12P4S. The Bertz CT molecular complexity index is 690. The van der Waals surface area contributed by atoms with Crippen LogP contribution in [0.2, 0.25) is 0 Å². The quantitative estimate of drug-likeness (QED) is 0.234. The van der Waals surface area contributed by atoms with E-state index >= 15 is 0 Å². The zero-order valence-corrected chi connectivity index (χ0v) is 13.8. The van der Waals surface area contributed by atoms with E-state index < -0.39 is 61.6 Å². The van der Waals surface area contributed by atoms with Gasteiger partial charge in [0.05, 0.1) is 0 Å².